The van der Waals surface area contributed by atoms with Gasteiger partial charge in [0.15, 0.2) is 0 Å². The van der Waals surface area contributed by atoms with E-state index in [0.717, 1.165) is 28.7 Å². The minimum absolute atomic E-state index is 0.711. The summed E-state index contributed by atoms with van der Waals surface area (Å²) in [5, 5.41) is 0. The van der Waals surface area contributed by atoms with E-state index >= 15 is 0 Å². The fourth-order valence-electron chi connectivity index (χ4n) is 2.13. The van der Waals surface area contributed by atoms with Gasteiger partial charge in [-0.1, -0.05) is 18.2 Å². The Balaban J connectivity index is 2.51. The second kappa shape index (κ2) is 5.05. The van der Waals surface area contributed by atoms with E-state index in [9.17, 15) is 4.79 Å². The SMILES string of the molecule is COc1ccc(-c2ccc(C=O)cc2C)c(C)c1. The third-order valence-electron chi connectivity index (χ3n) is 3.11. The van der Waals surface area contributed by atoms with Crippen molar-refractivity contribution in [3.8, 4) is 16.9 Å². The Hall–Kier alpha value is -2.09. The Morgan fingerprint density at radius 2 is 1.56 bits per heavy atom. The molecule has 0 N–H and O–H groups in total. The molecule has 0 heterocycles. The maximum atomic E-state index is 10.7. The topological polar surface area (TPSA) is 26.3 Å². The van der Waals surface area contributed by atoms with Crippen LogP contribution in [0.3, 0.4) is 0 Å². The summed E-state index contributed by atoms with van der Waals surface area (Å²) in [6, 6.07) is 11.8. The van der Waals surface area contributed by atoms with Gasteiger partial charge in [-0.25, -0.2) is 0 Å². The van der Waals surface area contributed by atoms with E-state index in [1.54, 1.807) is 7.11 Å². The lowest BCUT2D eigenvalue weighted by Gasteiger charge is -2.11. The molecule has 2 rings (SSSR count). The predicted octanol–water partition coefficient (Wildman–Crippen LogP) is 3.79. The number of carbonyl (C=O) groups excluding carboxylic acids is 1. The smallest absolute Gasteiger partial charge is 0.150 e. The van der Waals surface area contributed by atoms with Gasteiger partial charge < -0.3 is 4.74 Å². The van der Waals surface area contributed by atoms with Crippen LogP contribution < -0.4 is 4.74 Å². The first-order chi connectivity index (χ1) is 8.65. The summed E-state index contributed by atoms with van der Waals surface area (Å²) in [7, 11) is 1.67. The molecule has 0 atom stereocenters. The summed E-state index contributed by atoms with van der Waals surface area (Å²) >= 11 is 0. The quantitative estimate of drug-likeness (QED) is 0.763. The molecular weight excluding hydrogens is 224 g/mol. The zero-order valence-corrected chi connectivity index (χ0v) is 10.9. The molecule has 0 aromatic heterocycles. The van der Waals surface area contributed by atoms with Gasteiger partial charge in [0.2, 0.25) is 0 Å². The molecule has 0 saturated heterocycles. The molecule has 0 saturated carbocycles. The summed E-state index contributed by atoms with van der Waals surface area (Å²) in [6.07, 6.45) is 0.873. The second-order valence-corrected chi connectivity index (χ2v) is 4.37. The summed E-state index contributed by atoms with van der Waals surface area (Å²) in [6.45, 7) is 4.08. The standard InChI is InChI=1S/C16H16O2/c1-11-8-13(10-17)4-6-15(11)16-7-5-14(18-3)9-12(16)2/h4-10H,1-3H3. The molecule has 0 aliphatic heterocycles. The van der Waals surface area contributed by atoms with Crippen LogP contribution in [0.25, 0.3) is 11.1 Å². The maximum absolute atomic E-state index is 10.7. The monoisotopic (exact) mass is 240 g/mol. The molecule has 0 radical (unpaired) electrons. The Kier molecular flexibility index (Phi) is 3.47. The van der Waals surface area contributed by atoms with Crippen molar-refractivity contribution in [3.05, 3.63) is 53.1 Å². The predicted molar refractivity (Wildman–Crippen MR) is 73.3 cm³/mol. The van der Waals surface area contributed by atoms with E-state index in [0.29, 0.717) is 5.56 Å². The van der Waals surface area contributed by atoms with E-state index in [4.69, 9.17) is 4.74 Å². The molecular formula is C16H16O2. The van der Waals surface area contributed by atoms with Gasteiger partial charge >= 0.3 is 0 Å². The molecule has 92 valence electrons. The minimum atomic E-state index is 0.711. The molecule has 0 aliphatic rings. The molecule has 2 heteroatoms. The zero-order valence-electron chi connectivity index (χ0n) is 10.9. The summed E-state index contributed by atoms with van der Waals surface area (Å²) in [5.41, 5.74) is 5.30. The van der Waals surface area contributed by atoms with E-state index in [1.807, 2.05) is 37.3 Å². The van der Waals surface area contributed by atoms with Crippen LogP contribution in [0.15, 0.2) is 36.4 Å². The summed E-state index contributed by atoms with van der Waals surface area (Å²) < 4.78 is 5.21. The Morgan fingerprint density at radius 1 is 0.944 bits per heavy atom. The van der Waals surface area contributed by atoms with Crippen LogP contribution in [0.2, 0.25) is 0 Å². The average Bonchev–Trinajstić information content (AvgIpc) is 2.39. The highest BCUT2D eigenvalue weighted by Gasteiger charge is 2.06. The largest absolute Gasteiger partial charge is 0.497 e. The van der Waals surface area contributed by atoms with Crippen LogP contribution >= 0.6 is 0 Å². The van der Waals surface area contributed by atoms with Crippen molar-refractivity contribution in [3.63, 3.8) is 0 Å². The lowest BCUT2D eigenvalue weighted by atomic mass is 9.95. The molecule has 0 bridgehead atoms. The Labute approximate surface area is 107 Å². The minimum Gasteiger partial charge on any atom is -0.497 e. The van der Waals surface area contributed by atoms with Gasteiger partial charge in [0.1, 0.15) is 12.0 Å². The zero-order chi connectivity index (χ0) is 13.1. The molecule has 0 fully saturated rings. The number of benzene rings is 2. The molecule has 0 spiro atoms. The molecule has 2 aromatic carbocycles. The molecule has 18 heavy (non-hydrogen) atoms. The Bertz CT molecular complexity index is 586. The Morgan fingerprint density at radius 3 is 2.06 bits per heavy atom. The van der Waals surface area contributed by atoms with Crippen LogP contribution in [-0.4, -0.2) is 13.4 Å². The first kappa shape index (κ1) is 12.4. The number of ether oxygens (including phenoxy) is 1. The van der Waals surface area contributed by atoms with E-state index in [-0.39, 0.29) is 0 Å². The van der Waals surface area contributed by atoms with Gasteiger partial charge in [0, 0.05) is 5.56 Å². The lowest BCUT2D eigenvalue weighted by molar-refractivity contribution is 0.112. The third-order valence-corrected chi connectivity index (χ3v) is 3.11. The summed E-state index contributed by atoms with van der Waals surface area (Å²) in [5.74, 6) is 0.860. The number of methoxy groups -OCH3 is 1. The van der Waals surface area contributed by atoms with Crippen molar-refractivity contribution in [1.29, 1.82) is 0 Å². The first-order valence-electron chi connectivity index (χ1n) is 5.86. The highest BCUT2D eigenvalue weighted by molar-refractivity contribution is 5.79. The van der Waals surface area contributed by atoms with Gasteiger partial charge in [-0.15, -0.1) is 0 Å². The third kappa shape index (κ3) is 2.28. The second-order valence-electron chi connectivity index (χ2n) is 4.37. The van der Waals surface area contributed by atoms with Gasteiger partial charge in [-0.2, -0.15) is 0 Å². The normalized spacial score (nSPS) is 10.2. The van der Waals surface area contributed by atoms with E-state index in [1.165, 1.54) is 5.56 Å². The van der Waals surface area contributed by atoms with Crippen molar-refractivity contribution in [2.24, 2.45) is 0 Å². The van der Waals surface area contributed by atoms with Gasteiger partial charge in [0.25, 0.3) is 0 Å². The van der Waals surface area contributed by atoms with Gasteiger partial charge in [0.05, 0.1) is 7.11 Å². The molecule has 0 aliphatic carbocycles. The molecule has 2 aromatic rings. The highest BCUT2D eigenvalue weighted by atomic mass is 16.5. The van der Waals surface area contributed by atoms with Crippen molar-refractivity contribution < 1.29 is 9.53 Å². The number of aryl methyl sites for hydroxylation is 2. The number of carbonyl (C=O) groups is 1. The molecule has 0 unspecified atom stereocenters. The van der Waals surface area contributed by atoms with Crippen molar-refractivity contribution in [1.82, 2.24) is 0 Å². The maximum Gasteiger partial charge on any atom is 0.150 e. The first-order valence-corrected chi connectivity index (χ1v) is 5.86. The van der Waals surface area contributed by atoms with E-state index in [2.05, 4.69) is 13.0 Å². The fourth-order valence-corrected chi connectivity index (χ4v) is 2.13. The van der Waals surface area contributed by atoms with Crippen LogP contribution in [0, 0.1) is 13.8 Å². The van der Waals surface area contributed by atoms with Gasteiger partial charge in [-0.05, 0) is 54.3 Å². The van der Waals surface area contributed by atoms with Gasteiger partial charge in [-0.3, -0.25) is 4.79 Å². The lowest BCUT2D eigenvalue weighted by Crippen LogP contribution is -1.91. The van der Waals surface area contributed by atoms with Crippen molar-refractivity contribution in [2.75, 3.05) is 7.11 Å². The van der Waals surface area contributed by atoms with Crippen LogP contribution in [0.5, 0.6) is 5.75 Å². The average molecular weight is 240 g/mol. The van der Waals surface area contributed by atoms with Crippen LogP contribution in [0.1, 0.15) is 21.5 Å². The van der Waals surface area contributed by atoms with E-state index < -0.39 is 0 Å². The number of aldehydes is 1. The molecule has 0 amide bonds. The van der Waals surface area contributed by atoms with Crippen molar-refractivity contribution in [2.45, 2.75) is 13.8 Å². The highest BCUT2D eigenvalue weighted by Crippen LogP contribution is 2.29. The van der Waals surface area contributed by atoms with Crippen molar-refractivity contribution >= 4 is 6.29 Å². The summed E-state index contributed by atoms with van der Waals surface area (Å²) in [4.78, 5) is 10.7. The number of hydrogen-bond acceptors (Lipinski definition) is 2. The fraction of sp³-hybridized carbons (Fsp3) is 0.188. The van der Waals surface area contributed by atoms with Crippen LogP contribution in [-0.2, 0) is 0 Å². The number of hydrogen-bond donors (Lipinski definition) is 0. The molecule has 2 nitrogen and oxygen atoms in total. The van der Waals surface area contributed by atoms with Crippen LogP contribution in [0.4, 0.5) is 0 Å². The number of rotatable bonds is 3.